The van der Waals surface area contributed by atoms with Gasteiger partial charge in [0.15, 0.2) is 0 Å². The summed E-state index contributed by atoms with van der Waals surface area (Å²) in [6.45, 7) is 9.65. The molecular formula is C13H23N3O2. The topological polar surface area (TPSA) is 58.4 Å². The van der Waals surface area contributed by atoms with Gasteiger partial charge in [0.2, 0.25) is 0 Å². The zero-order valence-corrected chi connectivity index (χ0v) is 11.9. The van der Waals surface area contributed by atoms with Crippen molar-refractivity contribution in [3.05, 3.63) is 17.0 Å². The SMILES string of the molecule is CCN(Cc1c(C)nn(C)c1C)C(C)CC(=O)O. The monoisotopic (exact) mass is 253 g/mol. The van der Waals surface area contributed by atoms with E-state index in [1.165, 1.54) is 5.56 Å². The molecule has 0 saturated heterocycles. The number of rotatable bonds is 6. The summed E-state index contributed by atoms with van der Waals surface area (Å²) >= 11 is 0. The van der Waals surface area contributed by atoms with Gasteiger partial charge in [-0.05, 0) is 27.3 Å². The fraction of sp³-hybridized carbons (Fsp3) is 0.692. The highest BCUT2D eigenvalue weighted by atomic mass is 16.4. The Morgan fingerprint density at radius 3 is 2.50 bits per heavy atom. The van der Waals surface area contributed by atoms with E-state index in [-0.39, 0.29) is 12.5 Å². The molecule has 1 atom stereocenters. The summed E-state index contributed by atoms with van der Waals surface area (Å²) in [5.41, 5.74) is 3.38. The van der Waals surface area contributed by atoms with Crippen LogP contribution in [-0.2, 0) is 18.4 Å². The predicted molar refractivity (Wildman–Crippen MR) is 70.5 cm³/mol. The van der Waals surface area contributed by atoms with Crippen molar-refractivity contribution in [3.8, 4) is 0 Å². The van der Waals surface area contributed by atoms with E-state index in [2.05, 4.69) is 16.9 Å². The van der Waals surface area contributed by atoms with Gasteiger partial charge < -0.3 is 5.11 Å². The van der Waals surface area contributed by atoms with E-state index in [1.807, 2.05) is 32.5 Å². The van der Waals surface area contributed by atoms with E-state index in [1.54, 1.807) is 0 Å². The largest absolute Gasteiger partial charge is 0.481 e. The second-order valence-corrected chi connectivity index (χ2v) is 4.78. The van der Waals surface area contributed by atoms with Gasteiger partial charge in [0.05, 0.1) is 12.1 Å². The van der Waals surface area contributed by atoms with E-state index >= 15 is 0 Å². The molecule has 1 rings (SSSR count). The third kappa shape index (κ3) is 3.32. The molecule has 1 heterocycles. The molecular weight excluding hydrogens is 230 g/mol. The lowest BCUT2D eigenvalue weighted by atomic mass is 10.1. The van der Waals surface area contributed by atoms with E-state index in [0.29, 0.717) is 0 Å². The number of carboxylic acid groups (broad SMARTS) is 1. The van der Waals surface area contributed by atoms with Crippen LogP contribution < -0.4 is 0 Å². The normalized spacial score (nSPS) is 13.0. The highest BCUT2D eigenvalue weighted by Crippen LogP contribution is 2.17. The van der Waals surface area contributed by atoms with Crippen LogP contribution in [0.4, 0.5) is 0 Å². The zero-order chi connectivity index (χ0) is 13.9. The quantitative estimate of drug-likeness (QED) is 0.838. The molecule has 0 saturated carbocycles. The summed E-state index contributed by atoms with van der Waals surface area (Å²) in [6, 6.07) is 0.0338. The second kappa shape index (κ2) is 6.00. The van der Waals surface area contributed by atoms with Crippen LogP contribution in [0.15, 0.2) is 0 Å². The highest BCUT2D eigenvalue weighted by Gasteiger charge is 2.19. The van der Waals surface area contributed by atoms with Gasteiger partial charge in [-0.3, -0.25) is 14.4 Å². The van der Waals surface area contributed by atoms with Crippen molar-refractivity contribution < 1.29 is 9.90 Å². The molecule has 5 nitrogen and oxygen atoms in total. The fourth-order valence-corrected chi connectivity index (χ4v) is 2.21. The van der Waals surface area contributed by atoms with E-state index < -0.39 is 5.97 Å². The van der Waals surface area contributed by atoms with Crippen LogP contribution in [-0.4, -0.2) is 38.3 Å². The molecule has 1 unspecified atom stereocenters. The molecule has 0 fully saturated rings. The Morgan fingerprint density at radius 2 is 2.11 bits per heavy atom. The van der Waals surface area contributed by atoms with Gasteiger partial charge >= 0.3 is 5.97 Å². The minimum atomic E-state index is -0.749. The predicted octanol–water partition coefficient (Wildman–Crippen LogP) is 1.72. The standard InChI is InChI=1S/C13H23N3O2/c1-6-16(9(2)7-13(17)18)8-12-10(3)14-15(5)11(12)4/h9H,6-8H2,1-5H3,(H,17,18). The third-order valence-electron chi connectivity index (χ3n) is 3.52. The molecule has 0 aliphatic carbocycles. The first kappa shape index (κ1) is 14.7. The Hall–Kier alpha value is -1.36. The Balaban J connectivity index is 2.82. The Kier molecular flexibility index (Phi) is 4.90. The molecule has 1 N–H and O–H groups in total. The number of carboxylic acids is 1. The van der Waals surface area contributed by atoms with Crippen LogP contribution >= 0.6 is 0 Å². The third-order valence-corrected chi connectivity index (χ3v) is 3.52. The van der Waals surface area contributed by atoms with Gasteiger partial charge in [-0.2, -0.15) is 5.10 Å². The van der Waals surface area contributed by atoms with Gasteiger partial charge in [-0.1, -0.05) is 6.92 Å². The maximum absolute atomic E-state index is 10.8. The summed E-state index contributed by atoms with van der Waals surface area (Å²) in [6.07, 6.45) is 0.173. The number of hydrogen-bond donors (Lipinski definition) is 1. The summed E-state index contributed by atoms with van der Waals surface area (Å²) in [5.74, 6) is -0.749. The van der Waals surface area contributed by atoms with Gasteiger partial charge in [0.25, 0.3) is 0 Å². The summed E-state index contributed by atoms with van der Waals surface area (Å²) < 4.78 is 1.88. The molecule has 0 spiro atoms. The summed E-state index contributed by atoms with van der Waals surface area (Å²) in [4.78, 5) is 12.9. The molecule has 102 valence electrons. The van der Waals surface area contributed by atoms with Gasteiger partial charge in [0.1, 0.15) is 0 Å². The Bertz CT molecular complexity index is 426. The molecule has 0 bridgehead atoms. The minimum absolute atomic E-state index is 0.0338. The van der Waals surface area contributed by atoms with Crippen molar-refractivity contribution in [2.75, 3.05) is 6.54 Å². The molecule has 0 amide bonds. The molecule has 0 aliphatic heterocycles. The number of carbonyl (C=O) groups is 1. The second-order valence-electron chi connectivity index (χ2n) is 4.78. The van der Waals surface area contributed by atoms with Crippen molar-refractivity contribution in [1.29, 1.82) is 0 Å². The first-order chi connectivity index (χ1) is 8.36. The van der Waals surface area contributed by atoms with Crippen LogP contribution in [0.1, 0.15) is 37.2 Å². The van der Waals surface area contributed by atoms with Gasteiger partial charge in [-0.25, -0.2) is 0 Å². The Morgan fingerprint density at radius 1 is 1.50 bits per heavy atom. The van der Waals surface area contributed by atoms with Crippen LogP contribution in [0, 0.1) is 13.8 Å². The summed E-state index contributed by atoms with van der Waals surface area (Å²) in [7, 11) is 1.93. The first-order valence-electron chi connectivity index (χ1n) is 6.31. The number of aryl methyl sites for hydroxylation is 2. The van der Waals surface area contributed by atoms with Crippen molar-refractivity contribution in [3.63, 3.8) is 0 Å². The number of aromatic nitrogens is 2. The molecule has 18 heavy (non-hydrogen) atoms. The lowest BCUT2D eigenvalue weighted by molar-refractivity contribution is -0.138. The van der Waals surface area contributed by atoms with Crippen molar-refractivity contribution in [2.24, 2.45) is 7.05 Å². The van der Waals surface area contributed by atoms with E-state index in [9.17, 15) is 4.79 Å². The molecule has 0 radical (unpaired) electrons. The molecule has 1 aromatic rings. The molecule has 0 aromatic carbocycles. The number of aliphatic carboxylic acids is 1. The Labute approximate surface area is 108 Å². The molecule has 5 heteroatoms. The lowest BCUT2D eigenvalue weighted by Gasteiger charge is -2.26. The van der Waals surface area contributed by atoms with Gasteiger partial charge in [-0.15, -0.1) is 0 Å². The minimum Gasteiger partial charge on any atom is -0.481 e. The van der Waals surface area contributed by atoms with Crippen LogP contribution in [0.25, 0.3) is 0 Å². The number of nitrogens with zero attached hydrogens (tertiary/aromatic N) is 3. The lowest BCUT2D eigenvalue weighted by Crippen LogP contribution is -2.34. The first-order valence-corrected chi connectivity index (χ1v) is 6.31. The summed E-state index contributed by atoms with van der Waals surface area (Å²) in [5, 5.41) is 13.3. The number of hydrogen-bond acceptors (Lipinski definition) is 3. The highest BCUT2D eigenvalue weighted by molar-refractivity contribution is 5.67. The smallest absolute Gasteiger partial charge is 0.304 e. The molecule has 0 aliphatic rings. The average Bonchev–Trinajstić information content (AvgIpc) is 2.50. The van der Waals surface area contributed by atoms with Crippen LogP contribution in [0.2, 0.25) is 0 Å². The van der Waals surface area contributed by atoms with Crippen LogP contribution in [0.5, 0.6) is 0 Å². The van der Waals surface area contributed by atoms with Crippen molar-refractivity contribution in [1.82, 2.24) is 14.7 Å². The van der Waals surface area contributed by atoms with Crippen molar-refractivity contribution >= 4 is 5.97 Å². The van der Waals surface area contributed by atoms with Crippen LogP contribution in [0.3, 0.4) is 0 Å². The van der Waals surface area contributed by atoms with Gasteiger partial charge in [0, 0.05) is 30.9 Å². The van der Waals surface area contributed by atoms with E-state index in [4.69, 9.17) is 5.11 Å². The average molecular weight is 253 g/mol. The van der Waals surface area contributed by atoms with E-state index in [0.717, 1.165) is 24.5 Å². The molecule has 1 aromatic heterocycles. The maximum Gasteiger partial charge on any atom is 0.304 e. The zero-order valence-electron chi connectivity index (χ0n) is 11.9. The van der Waals surface area contributed by atoms with Crippen molar-refractivity contribution in [2.45, 2.75) is 46.7 Å². The fourth-order valence-electron chi connectivity index (χ4n) is 2.21. The maximum atomic E-state index is 10.8.